The molecule has 0 aliphatic carbocycles. The number of aromatic nitrogens is 1. The fourth-order valence-corrected chi connectivity index (χ4v) is 2.23. The molecule has 1 fully saturated rings. The van der Waals surface area contributed by atoms with Crippen LogP contribution in [-0.2, 0) is 11.3 Å². The Morgan fingerprint density at radius 2 is 2.47 bits per heavy atom. The lowest BCUT2D eigenvalue weighted by Gasteiger charge is -2.23. The molecule has 0 spiro atoms. The number of likely N-dealkylation sites (N-methyl/N-ethyl adjacent to an activating group) is 1. The first-order valence-corrected chi connectivity index (χ1v) is 6.32. The van der Waals surface area contributed by atoms with Crippen molar-refractivity contribution < 1.29 is 4.74 Å². The van der Waals surface area contributed by atoms with Gasteiger partial charge in [0.05, 0.1) is 6.10 Å². The maximum absolute atomic E-state index is 5.69. The van der Waals surface area contributed by atoms with Gasteiger partial charge in [-0.15, -0.1) is 0 Å². The Labute approximate surface area is 103 Å². The number of ether oxygens (including phenoxy) is 1. The Bertz CT molecular complexity index is 350. The Kier molecular flexibility index (Phi) is 4.34. The van der Waals surface area contributed by atoms with E-state index < -0.39 is 0 Å². The molecule has 1 atom stereocenters. The van der Waals surface area contributed by atoms with Gasteiger partial charge in [0.15, 0.2) is 0 Å². The van der Waals surface area contributed by atoms with E-state index >= 15 is 0 Å². The van der Waals surface area contributed by atoms with Crippen LogP contribution < -0.4 is 5.73 Å². The van der Waals surface area contributed by atoms with Gasteiger partial charge in [-0.1, -0.05) is 6.92 Å². The topological polar surface area (TPSA) is 51.4 Å². The highest BCUT2D eigenvalue weighted by Gasteiger charge is 2.18. The normalized spacial score (nSPS) is 20.0. The van der Waals surface area contributed by atoms with Crippen LogP contribution in [0.15, 0.2) is 18.3 Å². The van der Waals surface area contributed by atoms with Crippen molar-refractivity contribution in [3.8, 4) is 0 Å². The molecular weight excluding hydrogens is 214 g/mol. The Morgan fingerprint density at radius 3 is 3.12 bits per heavy atom. The minimum absolute atomic E-state index is 0.411. The van der Waals surface area contributed by atoms with Crippen LogP contribution in [0, 0.1) is 0 Å². The van der Waals surface area contributed by atoms with E-state index in [1.54, 1.807) is 6.20 Å². The molecule has 0 radical (unpaired) electrons. The van der Waals surface area contributed by atoms with Gasteiger partial charge >= 0.3 is 0 Å². The summed E-state index contributed by atoms with van der Waals surface area (Å²) < 4.78 is 5.67. The SMILES string of the molecule is CCN(Cc1ccnc(N)c1)CC1CCCO1. The van der Waals surface area contributed by atoms with E-state index in [1.807, 2.05) is 12.1 Å². The predicted molar refractivity (Wildman–Crippen MR) is 68.6 cm³/mol. The highest BCUT2D eigenvalue weighted by Crippen LogP contribution is 2.15. The second kappa shape index (κ2) is 5.98. The van der Waals surface area contributed by atoms with Gasteiger partial charge in [-0.3, -0.25) is 4.90 Å². The summed E-state index contributed by atoms with van der Waals surface area (Å²) in [6, 6.07) is 3.96. The summed E-state index contributed by atoms with van der Waals surface area (Å²) in [4.78, 5) is 6.40. The number of nitrogens with two attached hydrogens (primary N) is 1. The molecule has 17 heavy (non-hydrogen) atoms. The van der Waals surface area contributed by atoms with Crippen LogP contribution >= 0.6 is 0 Å². The number of nitrogen functional groups attached to an aromatic ring is 1. The molecule has 1 aliphatic heterocycles. The molecule has 4 heteroatoms. The summed E-state index contributed by atoms with van der Waals surface area (Å²) in [6.07, 6.45) is 4.57. The van der Waals surface area contributed by atoms with E-state index in [0.29, 0.717) is 11.9 Å². The van der Waals surface area contributed by atoms with Gasteiger partial charge in [-0.2, -0.15) is 0 Å². The average Bonchev–Trinajstić information content (AvgIpc) is 2.81. The van der Waals surface area contributed by atoms with Gasteiger partial charge in [0.2, 0.25) is 0 Å². The first-order valence-electron chi connectivity index (χ1n) is 6.32. The van der Waals surface area contributed by atoms with Gasteiger partial charge in [-0.05, 0) is 37.1 Å². The molecule has 1 aromatic rings. The van der Waals surface area contributed by atoms with Crippen LogP contribution in [0.1, 0.15) is 25.3 Å². The summed E-state index contributed by atoms with van der Waals surface area (Å²) in [5, 5.41) is 0. The number of pyridine rings is 1. The number of hydrogen-bond donors (Lipinski definition) is 1. The predicted octanol–water partition coefficient (Wildman–Crippen LogP) is 1.66. The second-order valence-electron chi connectivity index (χ2n) is 4.55. The molecule has 1 aliphatic rings. The molecule has 2 heterocycles. The molecular formula is C13H21N3O. The second-order valence-corrected chi connectivity index (χ2v) is 4.55. The van der Waals surface area contributed by atoms with Crippen molar-refractivity contribution in [1.29, 1.82) is 0 Å². The maximum Gasteiger partial charge on any atom is 0.123 e. The number of hydrogen-bond acceptors (Lipinski definition) is 4. The minimum atomic E-state index is 0.411. The summed E-state index contributed by atoms with van der Waals surface area (Å²) in [6.45, 7) is 6.06. The zero-order chi connectivity index (χ0) is 12.1. The molecule has 0 saturated carbocycles. The van der Waals surface area contributed by atoms with Crippen molar-refractivity contribution in [3.63, 3.8) is 0 Å². The van der Waals surface area contributed by atoms with Crippen LogP contribution in [0.3, 0.4) is 0 Å². The van der Waals surface area contributed by atoms with Crippen molar-refractivity contribution in [1.82, 2.24) is 9.88 Å². The lowest BCUT2D eigenvalue weighted by Crippen LogP contribution is -2.31. The monoisotopic (exact) mass is 235 g/mol. The lowest BCUT2D eigenvalue weighted by atomic mass is 10.2. The summed E-state index contributed by atoms with van der Waals surface area (Å²) >= 11 is 0. The molecule has 1 aromatic heterocycles. The largest absolute Gasteiger partial charge is 0.384 e. The maximum atomic E-state index is 5.69. The third-order valence-corrected chi connectivity index (χ3v) is 3.18. The third kappa shape index (κ3) is 3.68. The molecule has 0 amide bonds. The Morgan fingerprint density at radius 1 is 1.59 bits per heavy atom. The van der Waals surface area contributed by atoms with Crippen molar-refractivity contribution in [3.05, 3.63) is 23.9 Å². The quantitative estimate of drug-likeness (QED) is 0.843. The fourth-order valence-electron chi connectivity index (χ4n) is 2.23. The molecule has 2 N–H and O–H groups in total. The van der Waals surface area contributed by atoms with E-state index in [1.165, 1.54) is 18.4 Å². The van der Waals surface area contributed by atoms with E-state index in [0.717, 1.165) is 26.2 Å². The zero-order valence-electron chi connectivity index (χ0n) is 10.4. The van der Waals surface area contributed by atoms with Gasteiger partial charge in [0.1, 0.15) is 5.82 Å². The molecule has 1 unspecified atom stereocenters. The van der Waals surface area contributed by atoms with Crippen molar-refractivity contribution in [2.75, 3.05) is 25.4 Å². The molecule has 1 saturated heterocycles. The van der Waals surface area contributed by atoms with Gasteiger partial charge in [-0.25, -0.2) is 4.98 Å². The summed E-state index contributed by atoms with van der Waals surface area (Å²) in [5.74, 6) is 0.593. The fraction of sp³-hybridized carbons (Fsp3) is 0.615. The van der Waals surface area contributed by atoms with E-state index in [4.69, 9.17) is 10.5 Å². The summed E-state index contributed by atoms with van der Waals surface area (Å²) in [7, 11) is 0. The Hall–Kier alpha value is -1.13. The number of rotatable bonds is 5. The lowest BCUT2D eigenvalue weighted by molar-refractivity contribution is 0.0725. The summed E-state index contributed by atoms with van der Waals surface area (Å²) in [5.41, 5.74) is 6.90. The van der Waals surface area contributed by atoms with Crippen molar-refractivity contribution in [2.45, 2.75) is 32.4 Å². The van der Waals surface area contributed by atoms with Crippen LogP contribution in [0.25, 0.3) is 0 Å². The van der Waals surface area contributed by atoms with Crippen molar-refractivity contribution in [2.24, 2.45) is 0 Å². The highest BCUT2D eigenvalue weighted by molar-refractivity contribution is 5.31. The van der Waals surface area contributed by atoms with Gasteiger partial charge in [0, 0.05) is 25.9 Å². The van der Waals surface area contributed by atoms with Crippen LogP contribution in [0.5, 0.6) is 0 Å². The third-order valence-electron chi connectivity index (χ3n) is 3.18. The number of nitrogens with zero attached hydrogens (tertiary/aromatic N) is 2. The standard InChI is InChI=1S/C13H21N3O/c1-2-16(10-12-4-3-7-17-12)9-11-5-6-15-13(14)8-11/h5-6,8,12H,2-4,7,9-10H2,1H3,(H2,14,15). The van der Waals surface area contributed by atoms with Crippen LogP contribution in [0.4, 0.5) is 5.82 Å². The number of anilines is 1. The zero-order valence-corrected chi connectivity index (χ0v) is 10.4. The molecule has 4 nitrogen and oxygen atoms in total. The average molecular weight is 235 g/mol. The molecule has 0 aromatic carbocycles. The van der Waals surface area contributed by atoms with E-state index in [2.05, 4.69) is 16.8 Å². The molecule has 0 bridgehead atoms. The van der Waals surface area contributed by atoms with E-state index in [9.17, 15) is 0 Å². The van der Waals surface area contributed by atoms with Gasteiger partial charge in [0.25, 0.3) is 0 Å². The highest BCUT2D eigenvalue weighted by atomic mass is 16.5. The van der Waals surface area contributed by atoms with Crippen LogP contribution in [0.2, 0.25) is 0 Å². The van der Waals surface area contributed by atoms with Crippen molar-refractivity contribution >= 4 is 5.82 Å². The molecule has 94 valence electrons. The Balaban J connectivity index is 1.90. The van der Waals surface area contributed by atoms with Gasteiger partial charge < -0.3 is 10.5 Å². The van der Waals surface area contributed by atoms with Crippen LogP contribution in [-0.4, -0.2) is 35.7 Å². The minimum Gasteiger partial charge on any atom is -0.384 e. The smallest absolute Gasteiger partial charge is 0.123 e. The van der Waals surface area contributed by atoms with E-state index in [-0.39, 0.29) is 0 Å². The first kappa shape index (κ1) is 12.3. The first-order chi connectivity index (χ1) is 8.28. The molecule has 2 rings (SSSR count).